The minimum atomic E-state index is -1.20. The van der Waals surface area contributed by atoms with Crippen LogP contribution >= 0.6 is 0 Å². The first-order valence-electron chi connectivity index (χ1n) is 8.40. The van der Waals surface area contributed by atoms with Crippen LogP contribution in [0.3, 0.4) is 0 Å². The number of nitrogens with zero attached hydrogens (tertiary/aromatic N) is 1. The molecule has 5 nitrogen and oxygen atoms in total. The number of furan rings is 1. The largest absolute Gasteiger partial charge is 0.466 e. The van der Waals surface area contributed by atoms with Crippen LogP contribution in [0.25, 0.3) is 0 Å². The summed E-state index contributed by atoms with van der Waals surface area (Å²) in [7, 11) is 0. The number of guanidine groups is 1. The molecule has 1 aromatic carbocycles. The summed E-state index contributed by atoms with van der Waals surface area (Å²) < 4.78 is 19.0. The fourth-order valence-corrected chi connectivity index (χ4v) is 2.38. The Balaban J connectivity index is 2.10. The van der Waals surface area contributed by atoms with E-state index < -0.39 is 5.60 Å². The zero-order valence-corrected chi connectivity index (χ0v) is 15.1. The molecule has 1 heterocycles. The molecule has 0 amide bonds. The number of benzene rings is 1. The number of hydrogen-bond acceptors (Lipinski definition) is 3. The minimum Gasteiger partial charge on any atom is -0.466 e. The highest BCUT2D eigenvalue weighted by Gasteiger charge is 2.26. The number of rotatable bonds is 6. The molecule has 0 aliphatic heterocycles. The molecule has 0 aliphatic carbocycles. The Labute approximate surface area is 148 Å². The van der Waals surface area contributed by atoms with Gasteiger partial charge in [0.25, 0.3) is 0 Å². The van der Waals surface area contributed by atoms with Gasteiger partial charge in [-0.15, -0.1) is 0 Å². The van der Waals surface area contributed by atoms with Crippen molar-refractivity contribution in [2.75, 3.05) is 13.1 Å². The van der Waals surface area contributed by atoms with Crippen LogP contribution in [0, 0.1) is 12.7 Å². The number of aryl methyl sites for hydroxylation is 1. The Bertz CT molecular complexity index is 711. The van der Waals surface area contributed by atoms with Crippen LogP contribution in [0.5, 0.6) is 0 Å². The van der Waals surface area contributed by atoms with Crippen LogP contribution in [-0.4, -0.2) is 24.2 Å². The van der Waals surface area contributed by atoms with Crippen molar-refractivity contribution in [3.8, 4) is 0 Å². The summed E-state index contributed by atoms with van der Waals surface area (Å²) in [6, 6.07) is 8.47. The summed E-state index contributed by atoms with van der Waals surface area (Å²) >= 11 is 0. The number of aliphatic imine (C=N–C) groups is 1. The first-order chi connectivity index (χ1) is 11.8. The maximum Gasteiger partial charge on any atom is 0.191 e. The average Bonchev–Trinajstić information content (AvgIpc) is 3.11. The lowest BCUT2D eigenvalue weighted by molar-refractivity contribution is 0.0437. The minimum absolute atomic E-state index is 0.130. The van der Waals surface area contributed by atoms with Crippen LogP contribution < -0.4 is 10.6 Å². The molecule has 25 heavy (non-hydrogen) atoms. The zero-order chi connectivity index (χ0) is 18.4. The lowest BCUT2D eigenvalue weighted by Gasteiger charge is -2.22. The van der Waals surface area contributed by atoms with E-state index in [1.807, 2.05) is 19.9 Å². The molecule has 1 aromatic heterocycles. The molecule has 2 aromatic rings. The van der Waals surface area contributed by atoms with E-state index in [0.29, 0.717) is 23.8 Å². The maximum atomic E-state index is 13.8. The zero-order valence-electron chi connectivity index (χ0n) is 15.1. The second-order valence-electron chi connectivity index (χ2n) is 6.32. The molecule has 0 fully saturated rings. The van der Waals surface area contributed by atoms with E-state index in [1.165, 1.54) is 12.3 Å². The van der Waals surface area contributed by atoms with Gasteiger partial charge in [0.2, 0.25) is 0 Å². The van der Waals surface area contributed by atoms with Crippen molar-refractivity contribution in [2.24, 2.45) is 4.99 Å². The van der Waals surface area contributed by atoms with Gasteiger partial charge in [0, 0.05) is 6.54 Å². The Morgan fingerprint density at radius 3 is 2.76 bits per heavy atom. The van der Waals surface area contributed by atoms with Gasteiger partial charge >= 0.3 is 0 Å². The van der Waals surface area contributed by atoms with Crippen LogP contribution in [0.15, 0.2) is 46.0 Å². The molecule has 0 spiro atoms. The molecule has 2 atom stereocenters. The second kappa shape index (κ2) is 8.16. The Morgan fingerprint density at radius 2 is 2.16 bits per heavy atom. The van der Waals surface area contributed by atoms with Crippen molar-refractivity contribution >= 4 is 5.96 Å². The molecule has 0 aliphatic rings. The quantitative estimate of drug-likeness (QED) is 0.554. The molecule has 0 radical (unpaired) electrons. The molecule has 136 valence electrons. The number of hydrogen-bond donors (Lipinski definition) is 3. The fraction of sp³-hybridized carbons (Fsp3) is 0.421. The topological polar surface area (TPSA) is 69.8 Å². The average molecular weight is 347 g/mol. The van der Waals surface area contributed by atoms with Gasteiger partial charge in [-0.3, -0.25) is 0 Å². The van der Waals surface area contributed by atoms with Crippen molar-refractivity contribution < 1.29 is 13.9 Å². The number of aliphatic hydroxyl groups is 1. The molecular formula is C19H26FN3O2. The predicted octanol–water partition coefficient (Wildman–Crippen LogP) is 3.25. The summed E-state index contributed by atoms with van der Waals surface area (Å²) in [6.07, 6.45) is 1.52. The van der Waals surface area contributed by atoms with E-state index in [-0.39, 0.29) is 18.4 Å². The smallest absolute Gasteiger partial charge is 0.191 e. The Kier molecular flexibility index (Phi) is 6.20. The summed E-state index contributed by atoms with van der Waals surface area (Å²) in [6.45, 7) is 8.07. The lowest BCUT2D eigenvalue weighted by Crippen LogP contribution is -2.40. The van der Waals surface area contributed by atoms with E-state index in [4.69, 9.17) is 4.42 Å². The molecule has 0 saturated heterocycles. The molecule has 2 rings (SSSR count). The third-order valence-corrected chi connectivity index (χ3v) is 3.99. The summed E-state index contributed by atoms with van der Waals surface area (Å²) in [5.41, 5.74) is 0.239. The van der Waals surface area contributed by atoms with Crippen LogP contribution in [0.1, 0.15) is 43.7 Å². The molecule has 0 saturated carbocycles. The van der Waals surface area contributed by atoms with E-state index in [9.17, 15) is 9.50 Å². The SMILES string of the molecule is CCNC(=NCC(C)(O)c1ccco1)NC(C)c1ccc(C)c(F)c1. The normalized spacial score (nSPS) is 15.5. The van der Waals surface area contributed by atoms with E-state index in [0.717, 1.165) is 5.56 Å². The van der Waals surface area contributed by atoms with E-state index >= 15 is 0 Å². The third-order valence-electron chi connectivity index (χ3n) is 3.99. The molecule has 0 bridgehead atoms. The standard InChI is InChI=1S/C19H26FN3O2/c1-5-21-18(22-12-19(4,24)17-7-6-10-25-17)23-14(3)15-9-8-13(2)16(20)11-15/h6-11,14,24H,5,12H2,1-4H3,(H2,21,22,23). The predicted molar refractivity (Wildman–Crippen MR) is 96.9 cm³/mol. The third kappa shape index (κ3) is 5.06. The monoisotopic (exact) mass is 347 g/mol. The lowest BCUT2D eigenvalue weighted by atomic mass is 10.0. The maximum absolute atomic E-state index is 13.8. The molecule has 2 unspecified atom stereocenters. The van der Waals surface area contributed by atoms with Gasteiger partial charge in [-0.05, 0) is 57.0 Å². The first-order valence-corrected chi connectivity index (χ1v) is 8.40. The highest BCUT2D eigenvalue weighted by atomic mass is 19.1. The van der Waals surface area contributed by atoms with E-state index in [2.05, 4.69) is 15.6 Å². The van der Waals surface area contributed by atoms with Gasteiger partial charge in [-0.2, -0.15) is 0 Å². The van der Waals surface area contributed by atoms with Gasteiger partial charge in [0.1, 0.15) is 17.2 Å². The Morgan fingerprint density at radius 1 is 1.40 bits per heavy atom. The summed E-state index contributed by atoms with van der Waals surface area (Å²) in [5, 5.41) is 16.9. The first kappa shape index (κ1) is 19.0. The van der Waals surface area contributed by atoms with Crippen LogP contribution in [0.2, 0.25) is 0 Å². The van der Waals surface area contributed by atoms with Gasteiger partial charge in [0.15, 0.2) is 5.96 Å². The number of nitrogens with one attached hydrogen (secondary N) is 2. The van der Waals surface area contributed by atoms with Crippen molar-refractivity contribution in [1.82, 2.24) is 10.6 Å². The summed E-state index contributed by atoms with van der Waals surface area (Å²) in [5.74, 6) is 0.775. The van der Waals surface area contributed by atoms with Crippen molar-refractivity contribution in [3.05, 3.63) is 59.3 Å². The Hall–Kier alpha value is -2.34. The second-order valence-corrected chi connectivity index (χ2v) is 6.32. The highest BCUT2D eigenvalue weighted by molar-refractivity contribution is 5.80. The molecular weight excluding hydrogens is 321 g/mol. The fourth-order valence-electron chi connectivity index (χ4n) is 2.38. The van der Waals surface area contributed by atoms with E-state index in [1.54, 1.807) is 32.0 Å². The van der Waals surface area contributed by atoms with Crippen molar-refractivity contribution in [1.29, 1.82) is 0 Å². The molecule has 6 heteroatoms. The van der Waals surface area contributed by atoms with Gasteiger partial charge in [-0.25, -0.2) is 9.38 Å². The molecule has 3 N–H and O–H groups in total. The number of halogens is 1. The van der Waals surface area contributed by atoms with Crippen LogP contribution in [0.4, 0.5) is 4.39 Å². The van der Waals surface area contributed by atoms with Crippen LogP contribution in [-0.2, 0) is 5.60 Å². The summed E-state index contributed by atoms with van der Waals surface area (Å²) in [4.78, 5) is 4.44. The highest BCUT2D eigenvalue weighted by Crippen LogP contribution is 2.21. The van der Waals surface area contributed by atoms with Gasteiger partial charge < -0.3 is 20.2 Å². The van der Waals surface area contributed by atoms with Crippen molar-refractivity contribution in [3.63, 3.8) is 0 Å². The van der Waals surface area contributed by atoms with Crippen molar-refractivity contribution in [2.45, 2.75) is 39.3 Å². The van der Waals surface area contributed by atoms with Gasteiger partial charge in [-0.1, -0.05) is 12.1 Å². The van der Waals surface area contributed by atoms with Gasteiger partial charge in [0.05, 0.1) is 18.8 Å².